The fourth-order valence-corrected chi connectivity index (χ4v) is 10.0. The van der Waals surface area contributed by atoms with Crippen molar-refractivity contribution in [3.05, 3.63) is 102 Å². The van der Waals surface area contributed by atoms with E-state index in [1.54, 1.807) is 50.4 Å². The molecule has 1 fully saturated rings. The van der Waals surface area contributed by atoms with E-state index in [1.807, 2.05) is 24.3 Å². The minimum atomic E-state index is -2.03. The maximum absolute atomic E-state index is 14.3. The van der Waals surface area contributed by atoms with Gasteiger partial charge in [-0.05, 0) is 73.9 Å². The minimum absolute atomic E-state index is 0.00285. The van der Waals surface area contributed by atoms with Crippen LogP contribution in [0.15, 0.2) is 85.1 Å². The van der Waals surface area contributed by atoms with Crippen LogP contribution < -0.4 is 70.2 Å². The van der Waals surface area contributed by atoms with Crippen molar-refractivity contribution in [3.63, 3.8) is 0 Å². The summed E-state index contributed by atoms with van der Waals surface area (Å²) in [6.45, 7) is 6.93. The number of rotatable bonds is 30. The van der Waals surface area contributed by atoms with Crippen LogP contribution in [0, 0.1) is 11.3 Å². The van der Waals surface area contributed by atoms with Crippen molar-refractivity contribution in [1.82, 2.24) is 68.6 Å². The summed E-state index contributed by atoms with van der Waals surface area (Å²) in [4.78, 5) is 154. The number of carbonyl (C=O) groups is 11. The number of aromatic nitrogens is 1. The number of phenols is 1. The molecule has 89 heavy (non-hydrogen) atoms. The quantitative estimate of drug-likeness (QED) is 0.0108. The lowest BCUT2D eigenvalue weighted by molar-refractivity contribution is -0.142. The van der Waals surface area contributed by atoms with E-state index in [4.69, 9.17) is 16.9 Å². The Morgan fingerprint density at radius 3 is 2.01 bits per heavy atom. The van der Waals surface area contributed by atoms with Gasteiger partial charge in [0.1, 0.15) is 53.6 Å². The van der Waals surface area contributed by atoms with Gasteiger partial charge in [-0.3, -0.25) is 58.8 Å². The van der Waals surface area contributed by atoms with E-state index in [9.17, 15) is 68.1 Å². The highest BCUT2D eigenvalue weighted by atomic mass is 16.3. The predicted octanol–water partition coefficient (Wildman–Crippen LogP) is -2.81. The van der Waals surface area contributed by atoms with Gasteiger partial charge in [-0.25, -0.2) is 10.2 Å². The number of benzene rings is 3. The van der Waals surface area contributed by atoms with Gasteiger partial charge in [0.05, 0.1) is 18.6 Å². The third-order valence-electron chi connectivity index (χ3n) is 14.5. The molecular formula is C59H82N16O14. The Morgan fingerprint density at radius 1 is 0.742 bits per heavy atom. The molecule has 1 saturated heterocycles. The van der Waals surface area contributed by atoms with Crippen molar-refractivity contribution in [2.75, 3.05) is 20.1 Å². The molecule has 482 valence electrons. The van der Waals surface area contributed by atoms with Crippen LogP contribution in [0.1, 0.15) is 83.4 Å². The monoisotopic (exact) mass is 1240 g/mol. The topological polar surface area (TPSA) is 476 Å². The summed E-state index contributed by atoms with van der Waals surface area (Å²) < 4.78 is 0. The average Bonchev–Trinajstić information content (AvgIpc) is 2.17. The van der Waals surface area contributed by atoms with Gasteiger partial charge < -0.3 is 84.5 Å². The number of guanidine groups is 1. The summed E-state index contributed by atoms with van der Waals surface area (Å²) in [5.41, 5.74) is 16.2. The Bertz CT molecular complexity index is 3180. The number of hydrogen-bond acceptors (Lipinski definition) is 15. The number of amides is 12. The zero-order valence-electron chi connectivity index (χ0n) is 50.4. The molecule has 0 aliphatic carbocycles. The fraction of sp³-hybridized carbons (Fsp3) is 0.458. The normalized spacial score (nSPS) is 16.7. The maximum Gasteiger partial charge on any atom is 0.334 e. The number of nitrogens with zero attached hydrogens (tertiary/aromatic N) is 1. The molecular weight excluding hydrogens is 1160 g/mol. The number of carbonyl (C=O) groups excluding carboxylic acids is 11. The molecule has 3 aromatic carbocycles. The molecule has 20 N–H and O–H groups in total. The summed E-state index contributed by atoms with van der Waals surface area (Å²) in [6.07, 6.45) is -2.58. The number of urea groups is 1. The average molecular weight is 1240 g/mol. The first-order chi connectivity index (χ1) is 42.1. The molecule has 0 spiro atoms. The third-order valence-corrected chi connectivity index (χ3v) is 14.5. The van der Waals surface area contributed by atoms with Crippen LogP contribution in [-0.4, -0.2) is 176 Å². The van der Waals surface area contributed by atoms with Crippen LogP contribution >= 0.6 is 0 Å². The van der Waals surface area contributed by atoms with Crippen molar-refractivity contribution in [2.45, 2.75) is 146 Å². The molecule has 5 rings (SSSR count). The number of nitrogens with two attached hydrogens (primary N) is 2. The zero-order chi connectivity index (χ0) is 65.7. The summed E-state index contributed by atoms with van der Waals surface area (Å²) in [7, 11) is 1.54. The number of para-hydroxylation sites is 1. The Hall–Kier alpha value is -9.84. The summed E-state index contributed by atoms with van der Waals surface area (Å²) in [5, 5.41) is 63.1. The largest absolute Gasteiger partial charge is 0.508 e. The van der Waals surface area contributed by atoms with Gasteiger partial charge >= 0.3 is 6.03 Å². The summed E-state index contributed by atoms with van der Waals surface area (Å²) in [5.74, 6) is -9.68. The van der Waals surface area contributed by atoms with Crippen molar-refractivity contribution in [1.29, 1.82) is 5.41 Å². The Kier molecular flexibility index (Phi) is 25.7. The SMILES string of the molecule is CNC(=N)NCCC[C@H](NC(=O)[C@H](CC(C)C)NC(=O)NNC(=O)[C@](C)(Cc1ccccc1)NC(=O)[C@@H](NC(=O)[C@H](CC(N)=O)NC(=O)[C@@H]1C[C@@H](O)CN1C(=O)[C@@H](Cc1ccc(O)cc1)NC(C)=O)[C@@H](C)O)C(=O)N[C@@H](Cc1c[nH]c2ccccc12)C(N)=O. The predicted molar refractivity (Wildman–Crippen MR) is 324 cm³/mol. The van der Waals surface area contributed by atoms with E-state index < -0.39 is 132 Å². The molecule has 0 bridgehead atoms. The number of aromatic amines is 1. The molecule has 4 aromatic rings. The molecule has 30 nitrogen and oxygen atoms in total. The highest BCUT2D eigenvalue weighted by Gasteiger charge is 2.44. The Morgan fingerprint density at radius 2 is 1.38 bits per heavy atom. The number of fused-ring (bicyclic) bond motifs is 1. The van der Waals surface area contributed by atoms with Crippen LogP contribution in [0.3, 0.4) is 0 Å². The van der Waals surface area contributed by atoms with Gasteiger partial charge in [0.15, 0.2) is 5.96 Å². The van der Waals surface area contributed by atoms with Crippen LogP contribution in [0.2, 0.25) is 0 Å². The van der Waals surface area contributed by atoms with Gasteiger partial charge in [0.25, 0.3) is 5.91 Å². The lowest BCUT2D eigenvalue weighted by Gasteiger charge is -2.33. The van der Waals surface area contributed by atoms with E-state index >= 15 is 0 Å². The maximum atomic E-state index is 14.3. The van der Waals surface area contributed by atoms with Crippen LogP contribution in [-0.2, 0) is 67.2 Å². The number of aromatic hydroxyl groups is 1. The number of aliphatic hydroxyl groups is 2. The molecule has 10 atom stereocenters. The number of hydrazine groups is 1. The van der Waals surface area contributed by atoms with Crippen molar-refractivity contribution < 1.29 is 68.1 Å². The highest BCUT2D eigenvalue weighted by molar-refractivity contribution is 6.00. The van der Waals surface area contributed by atoms with E-state index in [0.717, 1.165) is 22.7 Å². The first kappa shape index (κ1) is 69.9. The number of H-pyrrole nitrogens is 1. The first-order valence-corrected chi connectivity index (χ1v) is 28.9. The van der Waals surface area contributed by atoms with Gasteiger partial charge in [0, 0.05) is 69.8 Å². The summed E-state index contributed by atoms with van der Waals surface area (Å²) in [6, 6.07) is 9.92. The smallest absolute Gasteiger partial charge is 0.334 e. The highest BCUT2D eigenvalue weighted by Crippen LogP contribution is 2.23. The van der Waals surface area contributed by atoms with Gasteiger partial charge in [-0.2, -0.15) is 0 Å². The summed E-state index contributed by atoms with van der Waals surface area (Å²) >= 11 is 0. The van der Waals surface area contributed by atoms with Gasteiger partial charge in [0.2, 0.25) is 53.2 Å². The second-order valence-corrected chi connectivity index (χ2v) is 22.5. The third kappa shape index (κ3) is 21.2. The lowest BCUT2D eigenvalue weighted by atomic mass is 9.91. The Balaban J connectivity index is 1.30. The van der Waals surface area contributed by atoms with E-state index in [-0.39, 0.29) is 75.7 Å². The second-order valence-electron chi connectivity index (χ2n) is 22.5. The molecule has 2 heterocycles. The molecule has 12 amide bonds. The van der Waals surface area contributed by atoms with Crippen LogP contribution in [0.25, 0.3) is 10.9 Å². The number of nitrogens with one attached hydrogen (secondary N) is 13. The van der Waals surface area contributed by atoms with Crippen LogP contribution in [0.5, 0.6) is 5.75 Å². The van der Waals surface area contributed by atoms with Crippen molar-refractivity contribution >= 4 is 82.0 Å². The van der Waals surface area contributed by atoms with E-state index in [2.05, 4.69) is 63.7 Å². The number of likely N-dealkylation sites (tertiary alicyclic amines) is 1. The molecule has 0 radical (unpaired) electrons. The minimum Gasteiger partial charge on any atom is -0.508 e. The van der Waals surface area contributed by atoms with Crippen molar-refractivity contribution in [3.8, 4) is 5.75 Å². The molecule has 1 aliphatic rings. The lowest BCUT2D eigenvalue weighted by Crippen LogP contribution is -2.66. The number of β-amino-alcohol motifs (C(OH)–C–C–N with tert-alkyl or cyclic N) is 1. The molecule has 0 saturated carbocycles. The second kappa shape index (κ2) is 32.8. The Labute approximate surface area is 513 Å². The molecule has 30 heteroatoms. The van der Waals surface area contributed by atoms with Gasteiger partial charge in [-0.1, -0.05) is 74.5 Å². The van der Waals surface area contributed by atoms with Crippen LogP contribution in [0.4, 0.5) is 4.79 Å². The number of hydrogen-bond donors (Lipinski definition) is 18. The fourth-order valence-electron chi connectivity index (χ4n) is 10.0. The number of primary amides is 2. The molecule has 1 aliphatic heterocycles. The van der Waals surface area contributed by atoms with E-state index in [0.29, 0.717) is 16.7 Å². The van der Waals surface area contributed by atoms with E-state index in [1.165, 1.54) is 45.2 Å². The molecule has 0 unspecified atom stereocenters. The first-order valence-electron chi connectivity index (χ1n) is 28.9. The standard InChI is InChI=1S/C59H82N16O14/c1-31(2)23-43(51(83)67-41(17-12-22-64-57(62)63-6)50(82)68-42(49(61)81)25-36-29-65-40-16-11-10-15-39(36)40)70-58(89)74-73-56(88)59(5,28-35-13-8-7-9-14-35)72-54(86)48(32(3)76)71-52(84)44(27-47(60)80)69-53(85)46-26-38(79)30-75(46)55(87)45(66-33(4)77)24-34-18-20-37(78)21-19-34/h7-11,13-16,18-21,29,31-32,38,41-46,48,65,76,78-79H,12,17,22-28,30H2,1-6H3,(H2,60,80)(H2,61,81)(H,66,77)(H,67,83)(H,68,82)(H,69,85)(H,71,84)(H,72,86)(H,73,88)(H3,62,63,64)(H2,70,74,89)/t32-,38-,41+,42+,43+,44+,45-,46+,48+,59+/m1/s1. The van der Waals surface area contributed by atoms with Crippen molar-refractivity contribution in [2.24, 2.45) is 17.4 Å². The van der Waals surface area contributed by atoms with Gasteiger partial charge in [-0.15, -0.1) is 0 Å². The molecule has 1 aromatic heterocycles. The number of aliphatic hydroxyl groups excluding tert-OH is 2. The number of phenolic OH excluding ortho intramolecular Hbond substituents is 1. The zero-order valence-corrected chi connectivity index (χ0v) is 50.4.